The van der Waals surface area contributed by atoms with Crippen LogP contribution in [0.3, 0.4) is 0 Å². The number of halogens is 1. The van der Waals surface area contributed by atoms with Gasteiger partial charge in [0.2, 0.25) is 0 Å². The Morgan fingerprint density at radius 1 is 1.19 bits per heavy atom. The van der Waals surface area contributed by atoms with Gasteiger partial charge in [-0.3, -0.25) is 9.69 Å². The van der Waals surface area contributed by atoms with Crippen molar-refractivity contribution in [3.63, 3.8) is 0 Å². The molecule has 168 valence electrons. The first kappa shape index (κ1) is 23.8. The summed E-state index contributed by atoms with van der Waals surface area (Å²) in [6.07, 6.45) is 0.388. The van der Waals surface area contributed by atoms with Gasteiger partial charge in [-0.2, -0.15) is 0 Å². The molecule has 2 aromatic carbocycles. The number of aryl methyl sites for hydroxylation is 1. The number of rotatable bonds is 7. The van der Waals surface area contributed by atoms with Crippen molar-refractivity contribution in [2.45, 2.75) is 52.4 Å². The molecule has 0 radical (unpaired) electrons. The van der Waals surface area contributed by atoms with E-state index < -0.39 is 5.60 Å². The summed E-state index contributed by atoms with van der Waals surface area (Å²) in [6, 6.07) is 14.3. The second kappa shape index (κ2) is 10.6. The molecule has 0 aliphatic carbocycles. The van der Waals surface area contributed by atoms with Crippen molar-refractivity contribution in [2.24, 2.45) is 0 Å². The molecule has 0 saturated carbocycles. The summed E-state index contributed by atoms with van der Waals surface area (Å²) in [7, 11) is 0. The third-order valence-electron chi connectivity index (χ3n) is 5.11. The number of esters is 1. The lowest BCUT2D eigenvalue weighted by molar-refractivity contribution is -0.155. The Morgan fingerprint density at radius 2 is 1.94 bits per heavy atom. The van der Waals surface area contributed by atoms with Crippen LogP contribution in [0.25, 0.3) is 0 Å². The smallest absolute Gasteiger partial charge is 0.307 e. The highest BCUT2D eigenvalue weighted by Gasteiger charge is 2.24. The van der Waals surface area contributed by atoms with E-state index in [0.717, 1.165) is 40.0 Å². The average Bonchev–Trinajstić information content (AvgIpc) is 2.71. The minimum atomic E-state index is -0.442. The zero-order chi connectivity index (χ0) is 22.4. The van der Waals surface area contributed by atoms with Gasteiger partial charge in [0.05, 0.1) is 19.1 Å². The van der Waals surface area contributed by atoms with Crippen LogP contribution >= 0.6 is 15.9 Å². The minimum Gasteiger partial charge on any atom is -0.489 e. The maximum atomic E-state index is 12.0. The average molecular weight is 490 g/mol. The molecule has 1 atom stereocenters. The minimum absolute atomic E-state index is 0.00656. The quantitative estimate of drug-likeness (QED) is 0.484. The van der Waals surface area contributed by atoms with Gasteiger partial charge in [-0.05, 0) is 68.7 Å². The van der Waals surface area contributed by atoms with Crippen LogP contribution in [0.4, 0.5) is 0 Å². The summed E-state index contributed by atoms with van der Waals surface area (Å²) in [5.74, 6) is 0.695. The summed E-state index contributed by atoms with van der Waals surface area (Å²) < 4.78 is 18.5. The molecular weight excluding hydrogens is 458 g/mol. The standard InChI is InChI=1S/C25H32BrNO4/c1-18-15-21(30-17-19-5-7-20(26)8-6-19)9-10-22(18)23-16-27(13-14-29-23)12-11-24(28)31-25(2,3)4/h5-10,15,23H,11-14,16-17H2,1-4H3. The third kappa shape index (κ3) is 7.63. The largest absolute Gasteiger partial charge is 0.489 e. The SMILES string of the molecule is Cc1cc(OCc2ccc(Br)cc2)ccc1C1CN(CCC(=O)OC(C)(C)C)CCO1. The van der Waals surface area contributed by atoms with E-state index in [2.05, 4.69) is 39.9 Å². The number of hydrogen-bond acceptors (Lipinski definition) is 5. The van der Waals surface area contributed by atoms with E-state index in [9.17, 15) is 4.79 Å². The Labute approximate surface area is 193 Å². The summed E-state index contributed by atoms with van der Waals surface area (Å²) in [5, 5.41) is 0. The van der Waals surface area contributed by atoms with E-state index in [0.29, 0.717) is 26.2 Å². The van der Waals surface area contributed by atoms with Crippen molar-refractivity contribution in [1.29, 1.82) is 0 Å². The predicted molar refractivity (Wildman–Crippen MR) is 125 cm³/mol. The van der Waals surface area contributed by atoms with Crippen LogP contribution in [0.15, 0.2) is 46.9 Å². The Morgan fingerprint density at radius 3 is 2.61 bits per heavy atom. The Bertz CT molecular complexity index is 876. The first-order chi connectivity index (χ1) is 14.7. The van der Waals surface area contributed by atoms with Crippen molar-refractivity contribution in [2.75, 3.05) is 26.2 Å². The normalized spacial score (nSPS) is 17.4. The van der Waals surface area contributed by atoms with Crippen LogP contribution in [-0.2, 0) is 20.9 Å². The maximum absolute atomic E-state index is 12.0. The van der Waals surface area contributed by atoms with Gasteiger partial charge in [0, 0.05) is 24.1 Å². The van der Waals surface area contributed by atoms with Crippen LogP contribution < -0.4 is 4.74 Å². The van der Waals surface area contributed by atoms with Crippen LogP contribution in [0.5, 0.6) is 5.75 Å². The number of carbonyl (C=O) groups is 1. The molecule has 6 heteroatoms. The number of hydrogen-bond donors (Lipinski definition) is 0. The second-order valence-corrected chi connectivity index (χ2v) is 9.85. The number of morpholine rings is 1. The number of carbonyl (C=O) groups excluding carboxylic acids is 1. The fourth-order valence-corrected chi connectivity index (χ4v) is 3.85. The zero-order valence-electron chi connectivity index (χ0n) is 18.8. The van der Waals surface area contributed by atoms with Gasteiger partial charge in [-0.1, -0.05) is 34.1 Å². The van der Waals surface area contributed by atoms with E-state index in [-0.39, 0.29) is 12.1 Å². The molecular formula is C25H32BrNO4. The van der Waals surface area contributed by atoms with Crippen molar-refractivity contribution < 1.29 is 19.0 Å². The topological polar surface area (TPSA) is 48.0 Å². The molecule has 1 aliphatic heterocycles. The van der Waals surface area contributed by atoms with Crippen molar-refractivity contribution in [3.05, 3.63) is 63.6 Å². The van der Waals surface area contributed by atoms with Crippen LogP contribution in [0.1, 0.15) is 50.0 Å². The molecule has 1 fully saturated rings. The molecule has 1 aliphatic rings. The fourth-order valence-electron chi connectivity index (χ4n) is 3.58. The van der Waals surface area contributed by atoms with Crippen molar-refractivity contribution in [1.82, 2.24) is 4.90 Å². The van der Waals surface area contributed by atoms with E-state index in [4.69, 9.17) is 14.2 Å². The van der Waals surface area contributed by atoms with Gasteiger partial charge in [0.1, 0.15) is 18.0 Å². The monoisotopic (exact) mass is 489 g/mol. The molecule has 0 bridgehead atoms. The van der Waals surface area contributed by atoms with Crippen LogP contribution in [-0.4, -0.2) is 42.7 Å². The van der Waals surface area contributed by atoms with Gasteiger partial charge < -0.3 is 14.2 Å². The molecule has 0 aromatic heterocycles. The Kier molecular flexibility index (Phi) is 8.14. The van der Waals surface area contributed by atoms with E-state index in [1.54, 1.807) is 0 Å². The molecule has 0 amide bonds. The fraction of sp³-hybridized carbons (Fsp3) is 0.480. The number of ether oxygens (including phenoxy) is 3. The molecule has 2 aromatic rings. The first-order valence-corrected chi connectivity index (χ1v) is 11.5. The highest BCUT2D eigenvalue weighted by atomic mass is 79.9. The summed E-state index contributed by atoms with van der Waals surface area (Å²) >= 11 is 3.45. The lowest BCUT2D eigenvalue weighted by Gasteiger charge is -2.33. The van der Waals surface area contributed by atoms with Crippen molar-refractivity contribution in [3.8, 4) is 5.75 Å². The Balaban J connectivity index is 1.54. The zero-order valence-corrected chi connectivity index (χ0v) is 20.4. The summed E-state index contributed by atoms with van der Waals surface area (Å²) in [4.78, 5) is 14.3. The summed E-state index contributed by atoms with van der Waals surface area (Å²) in [6.45, 7) is 11.2. The molecule has 31 heavy (non-hydrogen) atoms. The Hall–Kier alpha value is -1.89. The first-order valence-electron chi connectivity index (χ1n) is 10.7. The lowest BCUT2D eigenvalue weighted by atomic mass is 10.0. The van der Waals surface area contributed by atoms with Crippen LogP contribution in [0.2, 0.25) is 0 Å². The third-order valence-corrected chi connectivity index (χ3v) is 5.64. The summed E-state index contributed by atoms with van der Waals surface area (Å²) in [5.41, 5.74) is 2.99. The highest BCUT2D eigenvalue weighted by molar-refractivity contribution is 9.10. The van der Waals surface area contributed by atoms with E-state index in [1.165, 1.54) is 0 Å². The lowest BCUT2D eigenvalue weighted by Crippen LogP contribution is -2.40. The van der Waals surface area contributed by atoms with Gasteiger partial charge in [0.15, 0.2) is 0 Å². The molecule has 5 nitrogen and oxygen atoms in total. The maximum Gasteiger partial charge on any atom is 0.307 e. The molecule has 1 saturated heterocycles. The van der Waals surface area contributed by atoms with Crippen molar-refractivity contribution >= 4 is 21.9 Å². The van der Waals surface area contributed by atoms with Gasteiger partial charge in [0.25, 0.3) is 0 Å². The van der Waals surface area contributed by atoms with Gasteiger partial charge in [-0.15, -0.1) is 0 Å². The van der Waals surface area contributed by atoms with E-state index in [1.807, 2.05) is 51.1 Å². The second-order valence-electron chi connectivity index (χ2n) is 8.93. The molecule has 1 heterocycles. The molecule has 0 spiro atoms. The molecule has 0 N–H and O–H groups in total. The molecule has 3 rings (SSSR count). The van der Waals surface area contributed by atoms with Crippen LogP contribution in [0, 0.1) is 6.92 Å². The number of nitrogens with zero attached hydrogens (tertiary/aromatic N) is 1. The predicted octanol–water partition coefficient (Wildman–Crippen LogP) is 5.44. The van der Waals surface area contributed by atoms with Gasteiger partial charge in [-0.25, -0.2) is 0 Å². The molecule has 1 unspecified atom stereocenters. The highest BCUT2D eigenvalue weighted by Crippen LogP contribution is 2.28. The number of benzene rings is 2. The van der Waals surface area contributed by atoms with E-state index >= 15 is 0 Å². The van der Waals surface area contributed by atoms with Gasteiger partial charge >= 0.3 is 5.97 Å².